The Hall–Kier alpha value is -3.49. The molecule has 0 N–H and O–H groups in total. The van der Waals surface area contributed by atoms with Crippen LogP contribution < -0.4 is 15.3 Å². The van der Waals surface area contributed by atoms with Crippen LogP contribution in [0.2, 0.25) is 0 Å². The molecule has 6 nitrogen and oxygen atoms in total. The van der Waals surface area contributed by atoms with E-state index in [1.54, 1.807) is 4.90 Å². The molecule has 162 valence electrons. The minimum absolute atomic E-state index is 0.145. The van der Waals surface area contributed by atoms with Gasteiger partial charge in [0.1, 0.15) is 11.3 Å². The summed E-state index contributed by atoms with van der Waals surface area (Å²) >= 11 is 0. The second-order valence-electron chi connectivity index (χ2n) is 7.13. The smallest absolute Gasteiger partial charge is 0.417 e. The lowest BCUT2D eigenvalue weighted by molar-refractivity contribution is -0.136. The van der Waals surface area contributed by atoms with E-state index in [9.17, 15) is 22.8 Å². The van der Waals surface area contributed by atoms with Crippen LogP contribution in [0.15, 0.2) is 63.8 Å². The second-order valence-corrected chi connectivity index (χ2v) is 7.13. The molecule has 1 aliphatic rings. The zero-order valence-electron chi connectivity index (χ0n) is 16.4. The summed E-state index contributed by atoms with van der Waals surface area (Å²) in [6.45, 7) is 2.20. The van der Waals surface area contributed by atoms with E-state index in [0.29, 0.717) is 32.2 Å². The van der Waals surface area contributed by atoms with Crippen molar-refractivity contribution in [2.24, 2.45) is 0 Å². The lowest BCUT2D eigenvalue weighted by atomic mass is 10.1. The number of benzene rings is 2. The van der Waals surface area contributed by atoms with Gasteiger partial charge in [-0.2, -0.15) is 13.2 Å². The first-order valence-corrected chi connectivity index (χ1v) is 9.67. The third-order valence-corrected chi connectivity index (χ3v) is 5.14. The van der Waals surface area contributed by atoms with Gasteiger partial charge in [-0.05, 0) is 24.3 Å². The molecule has 1 aliphatic heterocycles. The number of carbonyl (C=O) groups is 1. The topological polar surface area (TPSA) is 63.0 Å². The molecule has 1 amide bonds. The van der Waals surface area contributed by atoms with E-state index in [1.165, 1.54) is 18.2 Å². The van der Waals surface area contributed by atoms with E-state index < -0.39 is 17.4 Å². The molecule has 4 rings (SSSR count). The Bertz CT molecular complexity index is 1140. The maximum Gasteiger partial charge on any atom is 0.417 e. The molecule has 3 aromatic rings. The highest BCUT2D eigenvalue weighted by molar-refractivity contribution is 5.82. The quantitative estimate of drug-likeness (QED) is 0.591. The van der Waals surface area contributed by atoms with Gasteiger partial charge >= 0.3 is 11.8 Å². The van der Waals surface area contributed by atoms with E-state index in [4.69, 9.17) is 9.15 Å². The Morgan fingerprint density at radius 2 is 1.71 bits per heavy atom. The fraction of sp³-hybridized carbons (Fsp3) is 0.273. The third kappa shape index (κ3) is 4.65. The number of amides is 1. The average Bonchev–Trinajstić information content (AvgIpc) is 2.76. The van der Waals surface area contributed by atoms with E-state index in [2.05, 4.69) is 4.90 Å². The van der Waals surface area contributed by atoms with Gasteiger partial charge in [0.25, 0.3) is 5.91 Å². The SMILES string of the molecule is O=C(COc1ccc2c(C(F)(F)F)cc(=O)oc2c1)N1CCN(c2ccccc2)CC1. The van der Waals surface area contributed by atoms with Crippen LogP contribution in [0.3, 0.4) is 0 Å². The molecule has 0 radical (unpaired) electrons. The van der Waals surface area contributed by atoms with Crippen molar-refractivity contribution in [1.29, 1.82) is 0 Å². The normalized spacial score (nSPS) is 14.7. The van der Waals surface area contributed by atoms with Crippen molar-refractivity contribution in [3.8, 4) is 5.75 Å². The van der Waals surface area contributed by atoms with Gasteiger partial charge in [-0.15, -0.1) is 0 Å². The van der Waals surface area contributed by atoms with Gasteiger partial charge in [0, 0.05) is 49.4 Å². The van der Waals surface area contributed by atoms with Gasteiger partial charge in [-0.25, -0.2) is 4.79 Å². The van der Waals surface area contributed by atoms with Gasteiger partial charge in [0.05, 0.1) is 5.56 Å². The number of anilines is 1. The van der Waals surface area contributed by atoms with E-state index in [1.807, 2.05) is 30.3 Å². The Labute approximate surface area is 175 Å². The maximum absolute atomic E-state index is 13.1. The number of para-hydroxylation sites is 1. The largest absolute Gasteiger partial charge is 0.484 e. The first kappa shape index (κ1) is 20.8. The van der Waals surface area contributed by atoms with Crippen LogP contribution in [0.25, 0.3) is 11.0 Å². The zero-order chi connectivity index (χ0) is 22.0. The number of hydrogen-bond acceptors (Lipinski definition) is 5. The molecule has 1 saturated heterocycles. The van der Waals surface area contributed by atoms with Crippen LogP contribution in [0.4, 0.5) is 18.9 Å². The zero-order valence-corrected chi connectivity index (χ0v) is 16.4. The summed E-state index contributed by atoms with van der Waals surface area (Å²) in [6, 6.07) is 14.0. The molecule has 0 atom stereocenters. The summed E-state index contributed by atoms with van der Waals surface area (Å²) in [4.78, 5) is 27.8. The van der Waals surface area contributed by atoms with Crippen LogP contribution in [-0.2, 0) is 11.0 Å². The molecule has 0 bridgehead atoms. The first-order chi connectivity index (χ1) is 14.8. The molecule has 0 aliphatic carbocycles. The van der Waals surface area contributed by atoms with E-state index in [0.717, 1.165) is 5.69 Å². The third-order valence-electron chi connectivity index (χ3n) is 5.14. The summed E-state index contributed by atoms with van der Waals surface area (Å²) in [5.41, 5.74) is -1.33. The molecule has 0 unspecified atom stereocenters. The van der Waals surface area contributed by atoms with Crippen molar-refractivity contribution in [1.82, 2.24) is 4.90 Å². The average molecular weight is 432 g/mol. The van der Waals surface area contributed by atoms with E-state index >= 15 is 0 Å². The monoisotopic (exact) mass is 432 g/mol. The second kappa shape index (κ2) is 8.33. The van der Waals surface area contributed by atoms with Gasteiger partial charge in [-0.3, -0.25) is 4.79 Å². The highest BCUT2D eigenvalue weighted by atomic mass is 19.4. The summed E-state index contributed by atoms with van der Waals surface area (Å²) in [6.07, 6.45) is -4.69. The van der Waals surface area contributed by atoms with Crippen LogP contribution in [0.1, 0.15) is 5.56 Å². The van der Waals surface area contributed by atoms with E-state index in [-0.39, 0.29) is 29.2 Å². The van der Waals surface area contributed by atoms with Crippen molar-refractivity contribution in [3.63, 3.8) is 0 Å². The van der Waals surface area contributed by atoms with Gasteiger partial charge in [0.15, 0.2) is 6.61 Å². The minimum Gasteiger partial charge on any atom is -0.484 e. The number of hydrogen-bond donors (Lipinski definition) is 0. The van der Waals surface area contributed by atoms with Gasteiger partial charge in [-0.1, -0.05) is 18.2 Å². The fourth-order valence-corrected chi connectivity index (χ4v) is 3.56. The van der Waals surface area contributed by atoms with Crippen molar-refractivity contribution < 1.29 is 27.1 Å². The van der Waals surface area contributed by atoms with Crippen molar-refractivity contribution in [2.75, 3.05) is 37.7 Å². The lowest BCUT2D eigenvalue weighted by Gasteiger charge is -2.36. The molecular weight excluding hydrogens is 413 g/mol. The highest BCUT2D eigenvalue weighted by Crippen LogP contribution is 2.34. The predicted molar refractivity (Wildman–Crippen MR) is 108 cm³/mol. The maximum atomic E-state index is 13.1. The molecule has 2 heterocycles. The number of nitrogens with zero attached hydrogens (tertiary/aromatic N) is 2. The van der Waals surface area contributed by atoms with Crippen LogP contribution >= 0.6 is 0 Å². The van der Waals surface area contributed by atoms with Gasteiger partial charge < -0.3 is 19.0 Å². The molecule has 1 aromatic heterocycles. The molecule has 1 fully saturated rings. The van der Waals surface area contributed by atoms with Crippen molar-refractivity contribution >= 4 is 22.6 Å². The summed E-state index contributed by atoms with van der Waals surface area (Å²) in [7, 11) is 0. The molecular formula is C22H19F3N2O4. The van der Waals surface area contributed by atoms with Gasteiger partial charge in [0.2, 0.25) is 0 Å². The number of alkyl halides is 3. The molecule has 0 saturated carbocycles. The first-order valence-electron chi connectivity index (χ1n) is 9.67. The minimum atomic E-state index is -4.69. The summed E-state index contributed by atoms with van der Waals surface area (Å²) < 4.78 is 49.7. The van der Waals surface area contributed by atoms with Crippen molar-refractivity contribution in [3.05, 3.63) is 70.6 Å². The number of carbonyl (C=O) groups excluding carboxylic acids is 1. The van der Waals surface area contributed by atoms with Crippen LogP contribution in [-0.4, -0.2) is 43.6 Å². The number of ether oxygens (including phenoxy) is 1. The molecule has 0 spiro atoms. The molecule has 9 heteroatoms. The fourth-order valence-electron chi connectivity index (χ4n) is 3.56. The Balaban J connectivity index is 1.39. The Morgan fingerprint density at radius 1 is 1.00 bits per heavy atom. The Kier molecular flexibility index (Phi) is 5.58. The predicted octanol–water partition coefficient (Wildman–Crippen LogP) is 3.54. The number of fused-ring (bicyclic) bond motifs is 1. The lowest BCUT2D eigenvalue weighted by Crippen LogP contribution is -2.50. The van der Waals surface area contributed by atoms with Crippen LogP contribution in [0, 0.1) is 0 Å². The summed E-state index contributed by atoms with van der Waals surface area (Å²) in [5.74, 6) is -0.0791. The molecule has 31 heavy (non-hydrogen) atoms. The Morgan fingerprint density at radius 3 is 2.39 bits per heavy atom. The summed E-state index contributed by atoms with van der Waals surface area (Å²) in [5, 5.41) is -0.247. The number of halogens is 3. The molecule has 2 aromatic carbocycles. The standard InChI is InChI=1S/C22H19F3N2O4/c23-22(24,25)18-13-21(29)31-19-12-16(6-7-17(18)19)30-14-20(28)27-10-8-26(9-11-27)15-4-2-1-3-5-15/h1-7,12-13H,8-11,14H2. The van der Waals surface area contributed by atoms with Crippen LogP contribution in [0.5, 0.6) is 5.75 Å². The number of piperazine rings is 1. The van der Waals surface area contributed by atoms with Crippen molar-refractivity contribution in [2.45, 2.75) is 6.18 Å². The highest BCUT2D eigenvalue weighted by Gasteiger charge is 2.34. The number of rotatable bonds is 4.